The smallest absolute Gasteiger partial charge is 0.281 e. The van der Waals surface area contributed by atoms with Crippen LogP contribution in [0.4, 0.5) is 0 Å². The molecule has 0 atom stereocenters. The van der Waals surface area contributed by atoms with E-state index in [2.05, 4.69) is 0 Å². The summed E-state index contributed by atoms with van der Waals surface area (Å²) in [6.45, 7) is 1.41. The van der Waals surface area contributed by atoms with Crippen molar-refractivity contribution in [3.8, 4) is 5.69 Å². The number of hydrogen-bond donors (Lipinski definition) is 0. The molecule has 0 radical (unpaired) electrons. The third-order valence-electron chi connectivity index (χ3n) is 4.33. The van der Waals surface area contributed by atoms with E-state index in [1.54, 1.807) is 17.0 Å². The summed E-state index contributed by atoms with van der Waals surface area (Å²) in [5, 5.41) is 0. The minimum atomic E-state index is -3.42. The molecule has 8 heteroatoms. The monoisotopic (exact) mass is 362 g/mol. The van der Waals surface area contributed by atoms with Crippen LogP contribution in [0.25, 0.3) is 5.69 Å². The van der Waals surface area contributed by atoms with Gasteiger partial charge in [0.15, 0.2) is 0 Å². The highest BCUT2D eigenvalue weighted by Gasteiger charge is 2.30. The molecule has 3 rings (SSSR count). The third-order valence-corrected chi connectivity index (χ3v) is 6.27. The predicted molar refractivity (Wildman–Crippen MR) is 95.9 cm³/mol. The first-order valence-electron chi connectivity index (χ1n) is 8.10. The number of piperazine rings is 1. The molecular weight excluding hydrogens is 340 g/mol. The Morgan fingerprint density at radius 1 is 0.960 bits per heavy atom. The molecule has 0 aliphatic carbocycles. The Morgan fingerprint density at radius 2 is 1.52 bits per heavy atom. The van der Waals surface area contributed by atoms with Gasteiger partial charge >= 0.3 is 0 Å². The van der Waals surface area contributed by atoms with E-state index in [4.69, 9.17) is 0 Å². The fraction of sp³-hybridized carbons (Fsp3) is 0.353. The number of amides is 1. The lowest BCUT2D eigenvalue weighted by molar-refractivity contribution is 0.0695. The van der Waals surface area contributed by atoms with Crippen LogP contribution in [0.3, 0.4) is 0 Å². The lowest BCUT2D eigenvalue weighted by Crippen LogP contribution is -2.53. The zero-order chi connectivity index (χ0) is 18.0. The van der Waals surface area contributed by atoms with Crippen LogP contribution in [0.5, 0.6) is 0 Å². The molecule has 2 heterocycles. The topological polar surface area (TPSA) is 65.9 Å². The molecule has 1 aliphatic rings. The quantitative estimate of drug-likeness (QED) is 0.816. The van der Waals surface area contributed by atoms with E-state index in [0.29, 0.717) is 31.7 Å². The minimum absolute atomic E-state index is 0.0686. The Bertz CT molecular complexity index is 821. The Labute approximate surface area is 148 Å². The second-order valence-electron chi connectivity index (χ2n) is 6.12. The normalized spacial score (nSPS) is 16.4. The van der Waals surface area contributed by atoms with Crippen LogP contribution < -0.4 is 0 Å². The SMILES string of the molecule is CN(C)S(=O)(=O)N1CCN(C(=O)c2ccc(-n3cccc3)cc2)CC1. The van der Waals surface area contributed by atoms with Gasteiger partial charge in [0, 0.05) is 63.9 Å². The van der Waals surface area contributed by atoms with E-state index in [0.717, 1.165) is 5.69 Å². The van der Waals surface area contributed by atoms with Gasteiger partial charge in [0.1, 0.15) is 0 Å². The van der Waals surface area contributed by atoms with Crippen molar-refractivity contribution in [3.63, 3.8) is 0 Å². The Morgan fingerprint density at radius 3 is 2.04 bits per heavy atom. The van der Waals surface area contributed by atoms with Gasteiger partial charge in [0.25, 0.3) is 16.1 Å². The van der Waals surface area contributed by atoms with Gasteiger partial charge in [-0.2, -0.15) is 17.0 Å². The van der Waals surface area contributed by atoms with E-state index < -0.39 is 10.2 Å². The number of hydrogen-bond acceptors (Lipinski definition) is 3. The van der Waals surface area contributed by atoms with Crippen molar-refractivity contribution in [2.24, 2.45) is 0 Å². The molecule has 25 heavy (non-hydrogen) atoms. The van der Waals surface area contributed by atoms with Crippen LogP contribution in [0.15, 0.2) is 48.8 Å². The zero-order valence-electron chi connectivity index (χ0n) is 14.4. The van der Waals surface area contributed by atoms with E-state index in [1.807, 2.05) is 41.2 Å². The molecule has 2 aromatic rings. The van der Waals surface area contributed by atoms with Crippen LogP contribution >= 0.6 is 0 Å². The fourth-order valence-electron chi connectivity index (χ4n) is 2.82. The second-order valence-corrected chi connectivity index (χ2v) is 8.26. The van der Waals surface area contributed by atoms with E-state index in [9.17, 15) is 13.2 Å². The molecule has 0 unspecified atom stereocenters. The summed E-state index contributed by atoms with van der Waals surface area (Å²) >= 11 is 0. The molecule has 1 aromatic carbocycles. The second kappa shape index (κ2) is 6.99. The van der Waals surface area contributed by atoms with Crippen molar-refractivity contribution in [2.45, 2.75) is 0 Å². The van der Waals surface area contributed by atoms with Crippen LogP contribution in [-0.4, -0.2) is 72.7 Å². The average Bonchev–Trinajstić information content (AvgIpc) is 3.16. The Hall–Kier alpha value is -2.16. The number of aromatic nitrogens is 1. The average molecular weight is 362 g/mol. The van der Waals surface area contributed by atoms with Gasteiger partial charge in [0.05, 0.1) is 0 Å². The zero-order valence-corrected chi connectivity index (χ0v) is 15.2. The summed E-state index contributed by atoms with van der Waals surface area (Å²) < 4.78 is 28.8. The minimum Gasteiger partial charge on any atom is -0.336 e. The van der Waals surface area contributed by atoms with Gasteiger partial charge in [-0.3, -0.25) is 4.79 Å². The van der Waals surface area contributed by atoms with Crippen LogP contribution in [0, 0.1) is 0 Å². The summed E-state index contributed by atoms with van der Waals surface area (Å²) in [7, 11) is -0.392. The van der Waals surface area contributed by atoms with Gasteiger partial charge in [-0.25, -0.2) is 0 Å². The van der Waals surface area contributed by atoms with Crippen LogP contribution in [0.1, 0.15) is 10.4 Å². The van der Waals surface area contributed by atoms with Gasteiger partial charge in [-0.05, 0) is 36.4 Å². The standard InChI is InChI=1S/C17H22N4O3S/c1-18(2)25(23,24)21-13-11-20(12-14-21)17(22)15-5-7-16(8-6-15)19-9-3-4-10-19/h3-10H,11-14H2,1-2H3. The van der Waals surface area contributed by atoms with Gasteiger partial charge in [0.2, 0.25) is 0 Å². The van der Waals surface area contributed by atoms with E-state index in [-0.39, 0.29) is 5.91 Å². The number of benzene rings is 1. The number of rotatable bonds is 4. The molecule has 1 aliphatic heterocycles. The highest BCUT2D eigenvalue weighted by atomic mass is 32.2. The molecule has 0 bridgehead atoms. The lowest BCUT2D eigenvalue weighted by Gasteiger charge is -2.35. The molecule has 1 amide bonds. The van der Waals surface area contributed by atoms with E-state index in [1.165, 1.54) is 22.7 Å². The van der Waals surface area contributed by atoms with E-state index >= 15 is 0 Å². The maximum atomic E-state index is 12.6. The molecule has 7 nitrogen and oxygen atoms in total. The molecule has 134 valence electrons. The number of carbonyl (C=O) groups is 1. The summed E-state index contributed by atoms with van der Waals surface area (Å²) in [5.74, 6) is -0.0686. The summed E-state index contributed by atoms with van der Waals surface area (Å²) in [4.78, 5) is 14.3. The summed E-state index contributed by atoms with van der Waals surface area (Å²) in [5.41, 5.74) is 1.60. The van der Waals surface area contributed by atoms with Crippen molar-refractivity contribution in [1.82, 2.24) is 18.1 Å². The fourth-order valence-corrected chi connectivity index (χ4v) is 3.90. The van der Waals surface area contributed by atoms with Crippen molar-refractivity contribution in [2.75, 3.05) is 40.3 Å². The lowest BCUT2D eigenvalue weighted by atomic mass is 10.1. The first-order chi connectivity index (χ1) is 11.9. The Kier molecular flexibility index (Phi) is 4.94. The molecule has 1 saturated heterocycles. The Balaban J connectivity index is 1.65. The maximum absolute atomic E-state index is 12.6. The maximum Gasteiger partial charge on any atom is 0.281 e. The first-order valence-corrected chi connectivity index (χ1v) is 9.49. The van der Waals surface area contributed by atoms with Crippen LogP contribution in [-0.2, 0) is 10.2 Å². The van der Waals surface area contributed by atoms with Gasteiger partial charge < -0.3 is 9.47 Å². The number of carbonyl (C=O) groups excluding carboxylic acids is 1. The predicted octanol–water partition coefficient (Wildman–Crippen LogP) is 1.04. The highest BCUT2D eigenvalue weighted by molar-refractivity contribution is 7.86. The summed E-state index contributed by atoms with van der Waals surface area (Å²) in [6.07, 6.45) is 3.89. The highest BCUT2D eigenvalue weighted by Crippen LogP contribution is 2.15. The third kappa shape index (κ3) is 3.60. The molecule has 0 spiro atoms. The summed E-state index contributed by atoms with van der Waals surface area (Å²) in [6, 6.07) is 11.3. The van der Waals surface area contributed by atoms with Crippen molar-refractivity contribution in [1.29, 1.82) is 0 Å². The number of nitrogens with zero attached hydrogens (tertiary/aromatic N) is 4. The van der Waals surface area contributed by atoms with Gasteiger partial charge in [-0.1, -0.05) is 0 Å². The van der Waals surface area contributed by atoms with Crippen molar-refractivity contribution >= 4 is 16.1 Å². The van der Waals surface area contributed by atoms with Crippen molar-refractivity contribution in [3.05, 3.63) is 54.4 Å². The van der Waals surface area contributed by atoms with Gasteiger partial charge in [-0.15, -0.1) is 0 Å². The molecule has 0 N–H and O–H groups in total. The largest absolute Gasteiger partial charge is 0.336 e. The first kappa shape index (κ1) is 17.7. The molecule has 0 saturated carbocycles. The van der Waals surface area contributed by atoms with Crippen LogP contribution in [0.2, 0.25) is 0 Å². The van der Waals surface area contributed by atoms with Crippen molar-refractivity contribution < 1.29 is 13.2 Å². The molecular formula is C17H22N4O3S. The molecule has 1 fully saturated rings. The molecule has 1 aromatic heterocycles.